The van der Waals surface area contributed by atoms with E-state index < -0.39 is 11.4 Å². The van der Waals surface area contributed by atoms with E-state index in [4.69, 9.17) is 0 Å². The van der Waals surface area contributed by atoms with Crippen LogP contribution in [0, 0.1) is 5.92 Å². The highest BCUT2D eigenvalue weighted by Crippen LogP contribution is 2.28. The molecule has 3 heteroatoms. The molecule has 1 aliphatic carbocycles. The Kier molecular flexibility index (Phi) is 4.81. The molecule has 1 aliphatic rings. The Morgan fingerprint density at radius 2 is 1.90 bits per heavy atom. The molecule has 20 heavy (non-hydrogen) atoms. The molecule has 1 atom stereocenters. The van der Waals surface area contributed by atoms with E-state index >= 15 is 0 Å². The smallest absolute Gasteiger partial charge is 0.315 e. The van der Waals surface area contributed by atoms with Crippen LogP contribution in [-0.4, -0.2) is 36.1 Å². The maximum atomic E-state index is 11.8. The van der Waals surface area contributed by atoms with Gasteiger partial charge in [-0.25, -0.2) is 0 Å². The minimum Gasteiger partial charge on any atom is -0.481 e. The van der Waals surface area contributed by atoms with Crippen LogP contribution in [0.25, 0.3) is 0 Å². The van der Waals surface area contributed by atoms with Crippen LogP contribution in [0.5, 0.6) is 0 Å². The molecule has 0 radical (unpaired) electrons. The number of carbonyl (C=O) groups is 1. The van der Waals surface area contributed by atoms with E-state index in [1.165, 1.54) is 25.7 Å². The summed E-state index contributed by atoms with van der Waals surface area (Å²) in [7, 11) is 2.04. The van der Waals surface area contributed by atoms with Crippen LogP contribution in [0.2, 0.25) is 0 Å². The molecule has 0 aliphatic heterocycles. The second-order valence-corrected chi connectivity index (χ2v) is 6.35. The van der Waals surface area contributed by atoms with Crippen molar-refractivity contribution in [1.29, 1.82) is 0 Å². The number of aliphatic carboxylic acids is 1. The number of hydrogen-bond donors (Lipinski definition) is 1. The first kappa shape index (κ1) is 15.0. The number of nitrogens with zero attached hydrogens (tertiary/aromatic N) is 1. The predicted molar refractivity (Wildman–Crippen MR) is 80.9 cm³/mol. The van der Waals surface area contributed by atoms with Crippen LogP contribution in [0.15, 0.2) is 30.3 Å². The normalized spacial score (nSPS) is 19.1. The molecule has 0 spiro atoms. The summed E-state index contributed by atoms with van der Waals surface area (Å²) in [5.41, 5.74) is 0.0417. The maximum absolute atomic E-state index is 11.8. The quantitative estimate of drug-likeness (QED) is 0.867. The fraction of sp³-hybridized carbons (Fsp3) is 0.588. The maximum Gasteiger partial charge on any atom is 0.315 e. The van der Waals surface area contributed by atoms with Gasteiger partial charge in [0.05, 0.1) is 0 Å². The van der Waals surface area contributed by atoms with Gasteiger partial charge in [0.1, 0.15) is 5.41 Å². The summed E-state index contributed by atoms with van der Waals surface area (Å²) in [6, 6.07) is 9.57. The molecular weight excluding hydrogens is 250 g/mol. The van der Waals surface area contributed by atoms with Gasteiger partial charge in [0.15, 0.2) is 0 Å². The number of carboxylic acid groups (broad SMARTS) is 1. The first-order valence-electron chi connectivity index (χ1n) is 7.50. The minimum atomic E-state index is -0.839. The summed E-state index contributed by atoms with van der Waals surface area (Å²) in [6.45, 7) is 3.40. The Balaban J connectivity index is 2.07. The van der Waals surface area contributed by atoms with E-state index in [2.05, 4.69) is 4.90 Å². The number of benzene rings is 1. The van der Waals surface area contributed by atoms with Crippen molar-refractivity contribution in [2.24, 2.45) is 5.92 Å². The lowest BCUT2D eigenvalue weighted by atomic mass is 9.82. The third-order valence-electron chi connectivity index (χ3n) is 4.51. The second kappa shape index (κ2) is 6.40. The molecular formula is C17H25NO2. The zero-order valence-electron chi connectivity index (χ0n) is 12.5. The van der Waals surface area contributed by atoms with Gasteiger partial charge in [-0.05, 0) is 38.3 Å². The zero-order valence-corrected chi connectivity index (χ0v) is 12.5. The summed E-state index contributed by atoms with van der Waals surface area (Å²) in [4.78, 5) is 14.0. The van der Waals surface area contributed by atoms with Gasteiger partial charge in [0, 0.05) is 13.1 Å². The van der Waals surface area contributed by atoms with Gasteiger partial charge in [0.25, 0.3) is 0 Å². The van der Waals surface area contributed by atoms with E-state index in [-0.39, 0.29) is 0 Å². The molecule has 1 unspecified atom stereocenters. The molecule has 0 saturated heterocycles. The molecule has 0 aromatic heterocycles. The van der Waals surface area contributed by atoms with Crippen molar-refractivity contribution in [2.75, 3.05) is 20.1 Å². The summed E-state index contributed by atoms with van der Waals surface area (Å²) >= 11 is 0. The van der Waals surface area contributed by atoms with Gasteiger partial charge in [0.2, 0.25) is 0 Å². The molecule has 1 saturated carbocycles. The average molecular weight is 275 g/mol. The first-order chi connectivity index (χ1) is 9.52. The van der Waals surface area contributed by atoms with Crippen LogP contribution in [-0.2, 0) is 10.2 Å². The molecule has 0 amide bonds. The van der Waals surface area contributed by atoms with Crippen molar-refractivity contribution >= 4 is 5.97 Å². The number of likely N-dealkylation sites (N-methyl/N-ethyl adjacent to an activating group) is 1. The molecule has 3 nitrogen and oxygen atoms in total. The lowest BCUT2D eigenvalue weighted by Gasteiger charge is -2.31. The highest BCUT2D eigenvalue weighted by molar-refractivity contribution is 5.81. The van der Waals surface area contributed by atoms with E-state index in [0.29, 0.717) is 6.54 Å². The van der Waals surface area contributed by atoms with Gasteiger partial charge < -0.3 is 10.0 Å². The van der Waals surface area contributed by atoms with Crippen LogP contribution in [0.1, 0.15) is 38.2 Å². The topological polar surface area (TPSA) is 40.5 Å². The fourth-order valence-corrected chi connectivity index (χ4v) is 3.33. The van der Waals surface area contributed by atoms with Crippen LogP contribution in [0.3, 0.4) is 0 Å². The highest BCUT2D eigenvalue weighted by Gasteiger charge is 2.36. The molecule has 1 aromatic rings. The van der Waals surface area contributed by atoms with E-state index in [0.717, 1.165) is 18.0 Å². The molecule has 0 heterocycles. The Morgan fingerprint density at radius 1 is 1.30 bits per heavy atom. The van der Waals surface area contributed by atoms with Crippen molar-refractivity contribution in [3.05, 3.63) is 35.9 Å². The third-order valence-corrected chi connectivity index (χ3v) is 4.51. The zero-order chi connectivity index (χ0) is 14.6. The molecule has 1 N–H and O–H groups in total. The SMILES string of the molecule is CN(CC1CCCC1)CC(C)(C(=O)O)c1ccccc1. The summed E-state index contributed by atoms with van der Waals surface area (Å²) in [5.74, 6) is -0.00390. The first-order valence-corrected chi connectivity index (χ1v) is 7.50. The second-order valence-electron chi connectivity index (χ2n) is 6.35. The lowest BCUT2D eigenvalue weighted by Crippen LogP contribution is -2.44. The monoisotopic (exact) mass is 275 g/mol. The van der Waals surface area contributed by atoms with Crippen molar-refractivity contribution in [2.45, 2.75) is 38.0 Å². The Morgan fingerprint density at radius 3 is 2.45 bits per heavy atom. The van der Waals surface area contributed by atoms with Crippen molar-refractivity contribution < 1.29 is 9.90 Å². The van der Waals surface area contributed by atoms with E-state index in [1.807, 2.05) is 44.3 Å². The Labute approximate surface area is 121 Å². The number of carboxylic acids is 1. The summed E-state index contributed by atoms with van der Waals surface area (Å²) in [5, 5.41) is 9.67. The summed E-state index contributed by atoms with van der Waals surface area (Å²) in [6.07, 6.45) is 5.24. The molecule has 1 fully saturated rings. The lowest BCUT2D eigenvalue weighted by molar-refractivity contribution is -0.144. The molecule has 0 bridgehead atoms. The van der Waals surface area contributed by atoms with Crippen molar-refractivity contribution in [1.82, 2.24) is 4.90 Å². The standard InChI is InChI=1S/C17H25NO2/c1-17(16(19)20,15-10-4-3-5-11-15)13-18(2)12-14-8-6-7-9-14/h3-5,10-11,14H,6-9,12-13H2,1-2H3,(H,19,20). The molecule has 110 valence electrons. The van der Waals surface area contributed by atoms with Crippen LogP contribution in [0.4, 0.5) is 0 Å². The van der Waals surface area contributed by atoms with Gasteiger partial charge in [-0.15, -0.1) is 0 Å². The average Bonchev–Trinajstić information content (AvgIpc) is 2.92. The van der Waals surface area contributed by atoms with E-state index in [9.17, 15) is 9.90 Å². The van der Waals surface area contributed by atoms with Crippen molar-refractivity contribution in [3.8, 4) is 0 Å². The Hall–Kier alpha value is -1.35. The summed E-state index contributed by atoms with van der Waals surface area (Å²) < 4.78 is 0. The fourth-order valence-electron chi connectivity index (χ4n) is 3.33. The van der Waals surface area contributed by atoms with Crippen molar-refractivity contribution in [3.63, 3.8) is 0 Å². The third kappa shape index (κ3) is 3.40. The van der Waals surface area contributed by atoms with Crippen LogP contribution >= 0.6 is 0 Å². The van der Waals surface area contributed by atoms with Gasteiger partial charge >= 0.3 is 5.97 Å². The highest BCUT2D eigenvalue weighted by atomic mass is 16.4. The predicted octanol–water partition coefficient (Wildman–Crippen LogP) is 3.15. The van der Waals surface area contributed by atoms with Crippen LogP contribution < -0.4 is 0 Å². The largest absolute Gasteiger partial charge is 0.481 e. The Bertz CT molecular complexity index is 440. The van der Waals surface area contributed by atoms with Gasteiger partial charge in [-0.1, -0.05) is 43.2 Å². The number of hydrogen-bond acceptors (Lipinski definition) is 2. The minimum absolute atomic E-state index is 0.558. The number of rotatable bonds is 6. The molecule has 1 aromatic carbocycles. The molecule has 2 rings (SSSR count). The van der Waals surface area contributed by atoms with Gasteiger partial charge in [-0.2, -0.15) is 0 Å². The van der Waals surface area contributed by atoms with Gasteiger partial charge in [-0.3, -0.25) is 4.79 Å². The van der Waals surface area contributed by atoms with E-state index in [1.54, 1.807) is 0 Å².